The van der Waals surface area contributed by atoms with Crippen molar-refractivity contribution in [1.29, 1.82) is 0 Å². The number of carbonyl (C=O) groups excluding carboxylic acids is 1. The van der Waals surface area contributed by atoms with Crippen LogP contribution in [0.2, 0.25) is 0 Å². The molecule has 7 nitrogen and oxygen atoms in total. The van der Waals surface area contributed by atoms with Gasteiger partial charge in [0.15, 0.2) is 0 Å². The molecule has 3 aromatic rings. The van der Waals surface area contributed by atoms with Gasteiger partial charge in [-0.05, 0) is 37.8 Å². The van der Waals surface area contributed by atoms with E-state index in [4.69, 9.17) is 4.98 Å². The molecule has 0 bridgehead atoms. The van der Waals surface area contributed by atoms with Gasteiger partial charge >= 0.3 is 0 Å². The molecular formula is C20H26N6O. The summed E-state index contributed by atoms with van der Waals surface area (Å²) in [6, 6.07) is 7.90. The fraction of sp³-hybridized carbons (Fsp3) is 0.500. The number of aromatic nitrogens is 5. The molecule has 0 unspecified atom stereocenters. The van der Waals surface area contributed by atoms with Gasteiger partial charge in [-0.2, -0.15) is 5.10 Å². The zero-order valence-corrected chi connectivity index (χ0v) is 16.1. The molecule has 1 N–H and O–H groups in total. The topological polar surface area (TPSA) is 77.6 Å². The molecule has 1 amide bonds. The number of benzene rings is 1. The van der Waals surface area contributed by atoms with Crippen LogP contribution >= 0.6 is 0 Å². The summed E-state index contributed by atoms with van der Waals surface area (Å²) in [6.07, 6.45) is 3.81. The normalized spacial score (nSPS) is 15.4. The fourth-order valence-electron chi connectivity index (χ4n) is 3.64. The zero-order chi connectivity index (χ0) is 19.0. The maximum absolute atomic E-state index is 12.9. The summed E-state index contributed by atoms with van der Waals surface area (Å²) in [5.41, 5.74) is 1.93. The van der Waals surface area contributed by atoms with Crippen molar-refractivity contribution < 1.29 is 4.79 Å². The average Bonchev–Trinajstić information content (AvgIpc) is 3.27. The number of aryl methyl sites for hydroxylation is 1. The number of hydrogen-bond acceptors (Lipinski definition) is 4. The number of nitrogens with one attached hydrogen (secondary N) is 1. The molecular weight excluding hydrogens is 340 g/mol. The Balaban J connectivity index is 1.59. The molecule has 2 heterocycles. The van der Waals surface area contributed by atoms with E-state index in [-0.39, 0.29) is 24.4 Å². The van der Waals surface area contributed by atoms with Crippen LogP contribution < -0.4 is 5.32 Å². The highest BCUT2D eigenvalue weighted by Gasteiger charge is 2.36. The van der Waals surface area contributed by atoms with Gasteiger partial charge in [0.25, 0.3) is 0 Å². The lowest BCUT2D eigenvalue weighted by Crippen LogP contribution is -2.34. The highest BCUT2D eigenvalue weighted by atomic mass is 16.2. The first kappa shape index (κ1) is 17.7. The Morgan fingerprint density at radius 2 is 2.04 bits per heavy atom. The minimum absolute atomic E-state index is 0.0115. The Hall–Kier alpha value is -2.70. The van der Waals surface area contributed by atoms with Crippen molar-refractivity contribution in [2.24, 2.45) is 5.92 Å². The SMILES string of the molecule is CCn1ncnc1[C@H](NC(=O)Cn1c(C(C)C)nc2ccccc21)C1CC1. The second-order valence-electron chi connectivity index (χ2n) is 7.52. The van der Waals surface area contributed by atoms with E-state index in [9.17, 15) is 4.79 Å². The second-order valence-corrected chi connectivity index (χ2v) is 7.52. The van der Waals surface area contributed by atoms with Crippen molar-refractivity contribution >= 4 is 16.9 Å². The number of carbonyl (C=O) groups is 1. The first-order chi connectivity index (χ1) is 13.1. The van der Waals surface area contributed by atoms with Crippen molar-refractivity contribution in [1.82, 2.24) is 29.6 Å². The van der Waals surface area contributed by atoms with Crippen LogP contribution in [-0.4, -0.2) is 30.2 Å². The number of rotatable bonds is 7. The number of amides is 1. The van der Waals surface area contributed by atoms with Gasteiger partial charge in [0.2, 0.25) is 5.91 Å². The summed E-state index contributed by atoms with van der Waals surface area (Å²) >= 11 is 0. The summed E-state index contributed by atoms with van der Waals surface area (Å²) in [6.45, 7) is 7.25. The van der Waals surface area contributed by atoms with Gasteiger partial charge in [-0.25, -0.2) is 14.6 Å². The third-order valence-electron chi connectivity index (χ3n) is 5.14. The van der Waals surface area contributed by atoms with Gasteiger partial charge < -0.3 is 9.88 Å². The van der Waals surface area contributed by atoms with Gasteiger partial charge in [0.05, 0.1) is 17.1 Å². The molecule has 1 aliphatic rings. The molecule has 0 saturated heterocycles. The fourth-order valence-corrected chi connectivity index (χ4v) is 3.64. The molecule has 4 rings (SSSR count). The molecule has 0 aliphatic heterocycles. The molecule has 0 spiro atoms. The Bertz CT molecular complexity index is 952. The van der Waals surface area contributed by atoms with Crippen molar-refractivity contribution in [2.45, 2.75) is 58.7 Å². The standard InChI is InChI=1S/C20H26N6O/c1-4-26-20(21-12-22-26)18(14-9-10-14)24-17(27)11-25-16-8-6-5-7-15(16)23-19(25)13(2)3/h5-8,12-14,18H,4,9-11H2,1-3H3,(H,24,27)/t18-/m1/s1. The second kappa shape index (κ2) is 7.13. The monoisotopic (exact) mass is 366 g/mol. The van der Waals surface area contributed by atoms with E-state index in [1.165, 1.54) is 0 Å². The molecule has 7 heteroatoms. The zero-order valence-electron chi connectivity index (χ0n) is 16.1. The molecule has 2 aromatic heterocycles. The number of nitrogens with zero attached hydrogens (tertiary/aromatic N) is 5. The lowest BCUT2D eigenvalue weighted by Gasteiger charge is -2.19. The Labute approximate surface area is 158 Å². The van der Waals surface area contributed by atoms with E-state index in [0.29, 0.717) is 5.92 Å². The first-order valence-corrected chi connectivity index (χ1v) is 9.70. The number of para-hydroxylation sites is 2. The number of fused-ring (bicyclic) bond motifs is 1. The molecule has 1 atom stereocenters. The first-order valence-electron chi connectivity index (χ1n) is 9.70. The van der Waals surface area contributed by atoms with E-state index >= 15 is 0 Å². The van der Waals surface area contributed by atoms with Gasteiger partial charge in [-0.3, -0.25) is 4.79 Å². The Kier molecular flexibility index (Phi) is 4.68. The van der Waals surface area contributed by atoms with E-state index in [2.05, 4.69) is 29.2 Å². The van der Waals surface area contributed by atoms with Crippen LogP contribution in [0.25, 0.3) is 11.0 Å². The lowest BCUT2D eigenvalue weighted by atomic mass is 10.1. The molecule has 1 aliphatic carbocycles. The Morgan fingerprint density at radius 3 is 2.74 bits per heavy atom. The van der Waals surface area contributed by atoms with E-state index in [1.54, 1.807) is 6.33 Å². The van der Waals surface area contributed by atoms with Crippen LogP contribution in [0.4, 0.5) is 0 Å². The highest BCUT2D eigenvalue weighted by molar-refractivity contribution is 5.81. The van der Waals surface area contributed by atoms with E-state index in [1.807, 2.05) is 40.4 Å². The minimum Gasteiger partial charge on any atom is -0.344 e. The third-order valence-corrected chi connectivity index (χ3v) is 5.14. The summed E-state index contributed by atoms with van der Waals surface area (Å²) in [5.74, 6) is 2.47. The molecule has 0 radical (unpaired) electrons. The van der Waals surface area contributed by atoms with E-state index < -0.39 is 0 Å². The van der Waals surface area contributed by atoms with Gasteiger partial charge in [-0.1, -0.05) is 26.0 Å². The maximum Gasteiger partial charge on any atom is 0.240 e. The minimum atomic E-state index is -0.0720. The summed E-state index contributed by atoms with van der Waals surface area (Å²) in [7, 11) is 0. The average molecular weight is 366 g/mol. The maximum atomic E-state index is 12.9. The lowest BCUT2D eigenvalue weighted by molar-refractivity contribution is -0.122. The summed E-state index contributed by atoms with van der Waals surface area (Å²) in [5, 5.41) is 7.48. The smallest absolute Gasteiger partial charge is 0.240 e. The number of hydrogen-bond donors (Lipinski definition) is 1. The summed E-state index contributed by atoms with van der Waals surface area (Å²) in [4.78, 5) is 22.1. The molecule has 1 fully saturated rings. The van der Waals surface area contributed by atoms with Crippen molar-refractivity contribution in [3.8, 4) is 0 Å². The van der Waals surface area contributed by atoms with Crippen LogP contribution in [-0.2, 0) is 17.9 Å². The van der Waals surface area contributed by atoms with Gasteiger partial charge in [0, 0.05) is 12.5 Å². The third kappa shape index (κ3) is 3.46. The molecule has 1 saturated carbocycles. The van der Waals surface area contributed by atoms with E-state index in [0.717, 1.165) is 42.1 Å². The van der Waals surface area contributed by atoms with Crippen LogP contribution in [0.3, 0.4) is 0 Å². The predicted molar refractivity (Wildman–Crippen MR) is 103 cm³/mol. The number of imidazole rings is 1. The van der Waals surface area contributed by atoms with Gasteiger partial charge in [-0.15, -0.1) is 0 Å². The van der Waals surface area contributed by atoms with Crippen LogP contribution in [0.1, 0.15) is 57.2 Å². The van der Waals surface area contributed by atoms with Crippen molar-refractivity contribution in [3.05, 3.63) is 42.2 Å². The van der Waals surface area contributed by atoms with Crippen LogP contribution in [0, 0.1) is 5.92 Å². The molecule has 27 heavy (non-hydrogen) atoms. The van der Waals surface area contributed by atoms with Crippen LogP contribution in [0.5, 0.6) is 0 Å². The van der Waals surface area contributed by atoms with Gasteiger partial charge in [0.1, 0.15) is 24.5 Å². The quantitative estimate of drug-likeness (QED) is 0.697. The van der Waals surface area contributed by atoms with Crippen molar-refractivity contribution in [3.63, 3.8) is 0 Å². The predicted octanol–water partition coefficient (Wildman–Crippen LogP) is 3.04. The largest absolute Gasteiger partial charge is 0.344 e. The van der Waals surface area contributed by atoms with Crippen LogP contribution in [0.15, 0.2) is 30.6 Å². The summed E-state index contributed by atoms with van der Waals surface area (Å²) < 4.78 is 3.90. The molecule has 1 aromatic carbocycles. The van der Waals surface area contributed by atoms with Crippen molar-refractivity contribution in [2.75, 3.05) is 0 Å². The Morgan fingerprint density at radius 1 is 1.26 bits per heavy atom. The highest BCUT2D eigenvalue weighted by Crippen LogP contribution is 2.40. The molecule has 142 valence electrons.